The molecule has 0 atom stereocenters. The second kappa shape index (κ2) is 7.96. The molecule has 0 radical (unpaired) electrons. The third-order valence-corrected chi connectivity index (χ3v) is 8.11. The van der Waals surface area contributed by atoms with E-state index < -0.39 is 12.1 Å². The highest BCUT2D eigenvalue weighted by molar-refractivity contribution is 7.12. The second-order valence-corrected chi connectivity index (χ2v) is 10.8. The Hall–Kier alpha value is -3.11. The normalized spacial score (nSPS) is 17.9. The lowest BCUT2D eigenvalue weighted by Gasteiger charge is -2.34. The molecule has 0 spiro atoms. The quantitative estimate of drug-likeness (QED) is 0.419. The lowest BCUT2D eigenvalue weighted by Crippen LogP contribution is -2.42. The van der Waals surface area contributed by atoms with Crippen LogP contribution in [-0.2, 0) is 23.9 Å². The van der Waals surface area contributed by atoms with Crippen LogP contribution in [0.2, 0.25) is 0 Å². The van der Waals surface area contributed by atoms with Crippen LogP contribution in [0, 0.1) is 0 Å². The fourth-order valence-corrected chi connectivity index (χ4v) is 5.96. The molecule has 4 heterocycles. The topological polar surface area (TPSA) is 89.7 Å². The van der Waals surface area contributed by atoms with Gasteiger partial charge in [-0.05, 0) is 69.8 Å². The Morgan fingerprint density at radius 3 is 2.83 bits per heavy atom. The van der Waals surface area contributed by atoms with Crippen molar-refractivity contribution in [2.75, 3.05) is 18.5 Å². The van der Waals surface area contributed by atoms with E-state index in [1.807, 2.05) is 18.4 Å². The van der Waals surface area contributed by atoms with Crippen LogP contribution in [0.15, 0.2) is 34.6 Å². The number of rotatable bonds is 6. The maximum absolute atomic E-state index is 13.6. The van der Waals surface area contributed by atoms with Crippen molar-refractivity contribution in [2.45, 2.75) is 57.5 Å². The molecule has 1 aliphatic heterocycles. The van der Waals surface area contributed by atoms with Crippen LogP contribution in [0.5, 0.6) is 0 Å². The molecule has 35 heavy (non-hydrogen) atoms. The van der Waals surface area contributed by atoms with Gasteiger partial charge in [0.25, 0.3) is 5.56 Å². The van der Waals surface area contributed by atoms with Crippen LogP contribution in [-0.4, -0.2) is 37.5 Å². The Kier molecular flexibility index (Phi) is 5.08. The van der Waals surface area contributed by atoms with Gasteiger partial charge in [0.15, 0.2) is 5.65 Å². The molecule has 182 valence electrons. The van der Waals surface area contributed by atoms with E-state index in [1.165, 1.54) is 22.5 Å². The first-order valence-electron chi connectivity index (χ1n) is 12.0. The number of anilines is 2. The lowest BCUT2D eigenvalue weighted by atomic mass is 9.85. The van der Waals surface area contributed by atoms with E-state index in [4.69, 9.17) is 9.97 Å². The van der Waals surface area contributed by atoms with Crippen molar-refractivity contribution in [3.05, 3.63) is 57.0 Å². The summed E-state index contributed by atoms with van der Waals surface area (Å²) in [7, 11) is 0. The number of hydrogen-bond acceptors (Lipinski definition) is 7. The third kappa shape index (κ3) is 3.58. The van der Waals surface area contributed by atoms with Gasteiger partial charge in [0.2, 0.25) is 11.1 Å². The molecule has 0 amide bonds. The van der Waals surface area contributed by atoms with Crippen LogP contribution < -0.4 is 16.2 Å². The average Bonchev–Trinajstić information content (AvgIpc) is 3.40. The first-order chi connectivity index (χ1) is 16.8. The molecule has 1 saturated carbocycles. The van der Waals surface area contributed by atoms with E-state index in [2.05, 4.69) is 41.6 Å². The van der Waals surface area contributed by atoms with Crippen molar-refractivity contribution in [1.82, 2.24) is 29.6 Å². The minimum atomic E-state index is -0.451. The first kappa shape index (κ1) is 22.4. The summed E-state index contributed by atoms with van der Waals surface area (Å²) in [6.07, 6.45) is 4.15. The third-order valence-electron chi connectivity index (χ3n) is 7.30. The van der Waals surface area contributed by atoms with Crippen molar-refractivity contribution in [2.24, 2.45) is 0 Å². The second-order valence-electron chi connectivity index (χ2n) is 9.99. The summed E-state index contributed by atoms with van der Waals surface area (Å²) in [6, 6.07) is 6.32. The zero-order valence-electron chi connectivity index (χ0n) is 20.1. The summed E-state index contributed by atoms with van der Waals surface area (Å²) < 4.78 is 17.0. The fraction of sp³-hybridized carbons (Fsp3) is 0.440. The molecule has 2 N–H and O–H groups in total. The molecular formula is C25H28FN7OS. The number of hydrogen-bond donors (Lipinski definition) is 2. The van der Waals surface area contributed by atoms with Gasteiger partial charge in [0.1, 0.15) is 12.1 Å². The van der Waals surface area contributed by atoms with Crippen molar-refractivity contribution >= 4 is 34.0 Å². The SMILES string of the molecule is CCn1c(=O)c2cnc(Nc3ccc4c(c3)CCNC4(C)C)nc2n1-c1nc(C2(CF)CC2)cs1. The highest BCUT2D eigenvalue weighted by Crippen LogP contribution is 2.48. The van der Waals surface area contributed by atoms with E-state index in [-0.39, 0.29) is 11.1 Å². The molecule has 8 nitrogen and oxygen atoms in total. The van der Waals surface area contributed by atoms with Gasteiger partial charge in [-0.1, -0.05) is 6.07 Å². The predicted octanol–water partition coefficient (Wildman–Crippen LogP) is 4.18. The van der Waals surface area contributed by atoms with Gasteiger partial charge in [-0.2, -0.15) is 4.98 Å². The first-order valence-corrected chi connectivity index (χ1v) is 12.9. The fourth-order valence-electron chi connectivity index (χ4n) is 5.00. The minimum Gasteiger partial charge on any atom is -0.324 e. The lowest BCUT2D eigenvalue weighted by molar-refractivity contribution is 0.382. The Morgan fingerprint density at radius 2 is 2.09 bits per heavy atom. The standard InChI is InChI=1S/C25H28FN7OS/c1-4-32-21(34)17-12-27-22(29-16-5-6-18-15(11-16)7-10-28-24(18,2)3)31-20(17)33(32)23-30-19(13-35-23)25(14-26)8-9-25/h5-6,11-13,28H,4,7-10,14H2,1-3H3,(H,27,29,31). The van der Waals surface area contributed by atoms with Gasteiger partial charge in [0.05, 0.1) is 5.69 Å². The summed E-state index contributed by atoms with van der Waals surface area (Å²) in [6.45, 7) is 7.27. The molecule has 10 heteroatoms. The highest BCUT2D eigenvalue weighted by atomic mass is 32.1. The smallest absolute Gasteiger partial charge is 0.278 e. The summed E-state index contributed by atoms with van der Waals surface area (Å²) in [5.41, 5.74) is 4.06. The molecule has 0 unspecified atom stereocenters. The number of benzene rings is 1. The Balaban J connectivity index is 1.40. The van der Waals surface area contributed by atoms with Crippen molar-refractivity contribution in [1.29, 1.82) is 0 Å². The van der Waals surface area contributed by atoms with E-state index in [1.54, 1.807) is 15.6 Å². The number of aromatic nitrogens is 5. The van der Waals surface area contributed by atoms with Gasteiger partial charge >= 0.3 is 0 Å². The predicted molar refractivity (Wildman–Crippen MR) is 136 cm³/mol. The van der Waals surface area contributed by atoms with Gasteiger partial charge in [0, 0.05) is 34.8 Å². The molecule has 0 bridgehead atoms. The van der Waals surface area contributed by atoms with Gasteiger partial charge in [-0.25, -0.2) is 19.3 Å². The molecule has 3 aromatic heterocycles. The monoisotopic (exact) mass is 493 g/mol. The molecular weight excluding hydrogens is 465 g/mol. The van der Waals surface area contributed by atoms with Crippen LogP contribution in [0.25, 0.3) is 16.2 Å². The Morgan fingerprint density at radius 1 is 1.26 bits per heavy atom. The molecule has 4 aromatic rings. The molecule has 6 rings (SSSR count). The van der Waals surface area contributed by atoms with Crippen LogP contribution in [0.4, 0.5) is 16.0 Å². The van der Waals surface area contributed by atoms with E-state index in [9.17, 15) is 9.18 Å². The minimum absolute atomic E-state index is 0.0611. The van der Waals surface area contributed by atoms with Crippen molar-refractivity contribution in [3.8, 4) is 5.13 Å². The summed E-state index contributed by atoms with van der Waals surface area (Å²) in [5.74, 6) is 0.409. The zero-order chi connectivity index (χ0) is 24.4. The van der Waals surface area contributed by atoms with Crippen molar-refractivity contribution < 1.29 is 4.39 Å². The number of nitrogens with one attached hydrogen (secondary N) is 2. The van der Waals surface area contributed by atoms with Crippen LogP contribution in [0.1, 0.15) is 50.4 Å². The molecule has 1 aromatic carbocycles. The van der Waals surface area contributed by atoms with Gasteiger partial charge in [-0.3, -0.25) is 9.18 Å². The number of alkyl halides is 1. The maximum Gasteiger partial charge on any atom is 0.278 e. The number of halogens is 1. The molecule has 1 aliphatic carbocycles. The maximum atomic E-state index is 13.6. The largest absolute Gasteiger partial charge is 0.324 e. The number of fused-ring (bicyclic) bond motifs is 2. The number of nitrogens with zero attached hydrogens (tertiary/aromatic N) is 5. The summed E-state index contributed by atoms with van der Waals surface area (Å²) in [4.78, 5) is 26.9. The molecule has 1 fully saturated rings. The van der Waals surface area contributed by atoms with Crippen LogP contribution in [0.3, 0.4) is 0 Å². The van der Waals surface area contributed by atoms with Gasteiger partial charge in [-0.15, -0.1) is 11.3 Å². The van der Waals surface area contributed by atoms with Crippen molar-refractivity contribution in [3.63, 3.8) is 0 Å². The number of thiazole rings is 1. The molecule has 2 aliphatic rings. The summed E-state index contributed by atoms with van der Waals surface area (Å²) in [5, 5.41) is 9.81. The van der Waals surface area contributed by atoms with E-state index >= 15 is 0 Å². The van der Waals surface area contributed by atoms with E-state index in [0.29, 0.717) is 28.7 Å². The van der Waals surface area contributed by atoms with Crippen LogP contribution >= 0.6 is 11.3 Å². The highest BCUT2D eigenvalue weighted by Gasteiger charge is 2.46. The van der Waals surface area contributed by atoms with E-state index in [0.717, 1.165) is 37.2 Å². The molecule has 0 saturated heterocycles. The Labute approximate surface area is 206 Å². The summed E-state index contributed by atoms with van der Waals surface area (Å²) >= 11 is 1.41. The Bertz CT molecular complexity index is 1500. The van der Waals surface area contributed by atoms with Gasteiger partial charge < -0.3 is 10.6 Å². The average molecular weight is 494 g/mol. The zero-order valence-corrected chi connectivity index (χ0v) is 20.9.